The molecule has 1 amide bonds. The van der Waals surface area contributed by atoms with Crippen LogP contribution in [0.5, 0.6) is 0 Å². The number of carbonyl (C=O) groups is 2. The van der Waals surface area contributed by atoms with Crippen molar-refractivity contribution in [3.8, 4) is 21.7 Å². The van der Waals surface area contributed by atoms with Gasteiger partial charge in [-0.2, -0.15) is 5.10 Å². The largest absolute Gasteiger partial charge is 0.479 e. The molecule has 0 unspecified atom stereocenters. The van der Waals surface area contributed by atoms with Gasteiger partial charge in [-0.05, 0) is 114 Å². The molecule has 0 saturated carbocycles. The zero-order valence-electron chi connectivity index (χ0n) is 30.6. The summed E-state index contributed by atoms with van der Waals surface area (Å²) in [5, 5.41) is 18.2. The summed E-state index contributed by atoms with van der Waals surface area (Å²) in [6.07, 6.45) is 1.56. The Balaban J connectivity index is 1.26. The molecule has 1 N–H and O–H groups in total. The molecule has 2 saturated heterocycles. The van der Waals surface area contributed by atoms with Crippen molar-refractivity contribution in [2.24, 2.45) is 0 Å². The van der Waals surface area contributed by atoms with E-state index in [1.165, 1.54) is 7.11 Å². The Hall–Kier alpha value is -4.03. The lowest BCUT2D eigenvalue weighted by molar-refractivity contribution is -0.160. The van der Waals surface area contributed by atoms with Crippen LogP contribution in [0.3, 0.4) is 0 Å². The highest BCUT2D eigenvalue weighted by Crippen LogP contribution is 2.45. The number of amides is 1. The number of carbonyl (C=O) groups excluding carboxylic acids is 1. The number of thiazole rings is 1. The number of benzene rings is 3. The van der Waals surface area contributed by atoms with E-state index in [-0.39, 0.29) is 6.09 Å². The number of hydrogen-bond acceptors (Lipinski definition) is 8. The Labute approximate surface area is 313 Å². The number of aryl methyl sites for hydroxylation is 2. The molecule has 12 heteroatoms. The van der Waals surface area contributed by atoms with Crippen LogP contribution >= 0.6 is 22.9 Å². The van der Waals surface area contributed by atoms with Crippen LogP contribution in [0.25, 0.3) is 42.8 Å². The van der Waals surface area contributed by atoms with E-state index < -0.39 is 17.7 Å². The lowest BCUT2D eigenvalue weighted by Gasteiger charge is -2.35. The fourth-order valence-electron chi connectivity index (χ4n) is 7.91. The third-order valence-electron chi connectivity index (χ3n) is 10.4. The van der Waals surface area contributed by atoms with E-state index in [1.54, 1.807) is 16.2 Å². The van der Waals surface area contributed by atoms with Gasteiger partial charge in [-0.15, -0.1) is 11.3 Å². The average Bonchev–Trinajstić information content (AvgIpc) is 3.87. The van der Waals surface area contributed by atoms with Crippen molar-refractivity contribution >= 4 is 56.1 Å². The van der Waals surface area contributed by atoms with Gasteiger partial charge in [0.2, 0.25) is 0 Å². The van der Waals surface area contributed by atoms with E-state index in [4.69, 9.17) is 31.2 Å². The van der Waals surface area contributed by atoms with Crippen LogP contribution in [0.4, 0.5) is 4.79 Å². The molecular formula is C40H46ClN5O5S. The standard InChI is InChI=1S/C40H46ClN5O5S/c1-7-46-31-13-10-26(21-29(31)34(43-46)25-14-17-44(18-15-25)28-16-19-45(22-28)39(49)50-6)37-42-30-20-23(2)32(35(38(47)48)51-40(3,4)5)33(36(30)52-37)24-8-11-27(41)12-9-24/h8-13,20-21,25,28,35H,7,14-19,22H2,1-6H3,(H,47,48)/t28-,35-/m0/s1. The number of halogens is 1. The Bertz CT molecular complexity index is 2130. The number of nitrogens with zero attached hydrogens (tertiary/aromatic N) is 5. The maximum Gasteiger partial charge on any atom is 0.409 e. The van der Waals surface area contributed by atoms with Crippen LogP contribution in [0, 0.1) is 6.92 Å². The summed E-state index contributed by atoms with van der Waals surface area (Å²) in [5.41, 5.74) is 6.44. The van der Waals surface area contributed by atoms with Crippen molar-refractivity contribution in [3.05, 3.63) is 70.4 Å². The van der Waals surface area contributed by atoms with Crippen molar-refractivity contribution in [1.82, 2.24) is 24.6 Å². The quantitative estimate of drug-likeness (QED) is 0.168. The normalized spacial score (nSPS) is 18.1. The second-order valence-corrected chi connectivity index (χ2v) is 16.3. The summed E-state index contributed by atoms with van der Waals surface area (Å²) in [7, 11) is 1.44. The van der Waals surface area contributed by atoms with Gasteiger partial charge in [-0.25, -0.2) is 14.6 Å². The minimum Gasteiger partial charge on any atom is -0.479 e. The van der Waals surface area contributed by atoms with E-state index in [0.29, 0.717) is 22.5 Å². The minimum atomic E-state index is -1.17. The molecule has 2 fully saturated rings. The number of rotatable bonds is 8. The summed E-state index contributed by atoms with van der Waals surface area (Å²) < 4.78 is 14.2. The first-order valence-corrected chi connectivity index (χ1v) is 19.2. The Kier molecular flexibility index (Phi) is 10.1. The van der Waals surface area contributed by atoms with Crippen molar-refractivity contribution in [3.63, 3.8) is 0 Å². The predicted octanol–water partition coefficient (Wildman–Crippen LogP) is 8.92. The molecule has 0 bridgehead atoms. The summed E-state index contributed by atoms with van der Waals surface area (Å²) in [4.78, 5) is 34.4. The monoisotopic (exact) mass is 743 g/mol. The van der Waals surface area contributed by atoms with Gasteiger partial charge < -0.3 is 19.5 Å². The molecule has 7 rings (SSSR count). The molecule has 0 spiro atoms. The fraction of sp³-hybridized carbons (Fsp3) is 0.450. The molecule has 3 aromatic carbocycles. The third kappa shape index (κ3) is 7.03. The molecule has 2 atom stereocenters. The highest BCUT2D eigenvalue weighted by Gasteiger charge is 2.35. The predicted molar refractivity (Wildman–Crippen MR) is 206 cm³/mol. The van der Waals surface area contributed by atoms with Crippen LogP contribution < -0.4 is 0 Å². The van der Waals surface area contributed by atoms with Crippen LogP contribution in [0.2, 0.25) is 5.02 Å². The topological polar surface area (TPSA) is 110 Å². The third-order valence-corrected chi connectivity index (χ3v) is 11.8. The van der Waals surface area contributed by atoms with Gasteiger partial charge in [0.25, 0.3) is 0 Å². The second kappa shape index (κ2) is 14.4. The van der Waals surface area contributed by atoms with E-state index in [9.17, 15) is 14.7 Å². The maximum atomic E-state index is 12.8. The van der Waals surface area contributed by atoms with E-state index in [1.807, 2.05) is 58.0 Å². The Morgan fingerprint density at radius 2 is 1.75 bits per heavy atom. The number of carboxylic acid groups (broad SMARTS) is 1. The van der Waals surface area contributed by atoms with Crippen LogP contribution in [0.1, 0.15) is 75.8 Å². The molecule has 5 aromatic rings. The smallest absolute Gasteiger partial charge is 0.409 e. The van der Waals surface area contributed by atoms with Gasteiger partial charge in [-0.3, -0.25) is 9.58 Å². The van der Waals surface area contributed by atoms with Crippen molar-refractivity contribution in [2.75, 3.05) is 33.3 Å². The summed E-state index contributed by atoms with van der Waals surface area (Å²) in [5.74, 6) is -0.715. The number of aliphatic carboxylic acids is 1. The molecule has 0 aliphatic carbocycles. The molecule has 10 nitrogen and oxygen atoms in total. The Morgan fingerprint density at radius 1 is 1.04 bits per heavy atom. The molecule has 2 aliphatic heterocycles. The van der Waals surface area contributed by atoms with Gasteiger partial charge in [0, 0.05) is 58.7 Å². The molecule has 2 aromatic heterocycles. The molecule has 52 heavy (non-hydrogen) atoms. The van der Waals surface area contributed by atoms with Crippen LogP contribution in [0.15, 0.2) is 48.5 Å². The van der Waals surface area contributed by atoms with Gasteiger partial charge in [0.1, 0.15) is 5.01 Å². The number of hydrogen-bond donors (Lipinski definition) is 1. The first kappa shape index (κ1) is 36.3. The number of aromatic nitrogens is 3. The highest BCUT2D eigenvalue weighted by molar-refractivity contribution is 7.22. The summed E-state index contributed by atoms with van der Waals surface area (Å²) in [6.45, 7) is 13.8. The fourth-order valence-corrected chi connectivity index (χ4v) is 9.16. The molecule has 274 valence electrons. The summed E-state index contributed by atoms with van der Waals surface area (Å²) in [6, 6.07) is 16.4. The number of fused-ring (bicyclic) bond motifs is 2. The summed E-state index contributed by atoms with van der Waals surface area (Å²) >= 11 is 7.87. The molecular weight excluding hydrogens is 698 g/mol. The number of carboxylic acids is 1. The highest BCUT2D eigenvalue weighted by atomic mass is 35.5. The van der Waals surface area contributed by atoms with Crippen molar-refractivity contribution in [2.45, 2.75) is 84.1 Å². The lowest BCUT2D eigenvalue weighted by atomic mass is 9.90. The Morgan fingerprint density at radius 3 is 2.40 bits per heavy atom. The van der Waals surface area contributed by atoms with Gasteiger partial charge in [0.15, 0.2) is 6.10 Å². The number of ether oxygens (including phenoxy) is 2. The average molecular weight is 744 g/mol. The lowest BCUT2D eigenvalue weighted by Crippen LogP contribution is -2.43. The van der Waals surface area contributed by atoms with Crippen molar-refractivity contribution in [1.29, 1.82) is 0 Å². The maximum absolute atomic E-state index is 12.8. The number of piperidine rings is 1. The molecule has 4 heterocycles. The first-order chi connectivity index (χ1) is 24.8. The van der Waals surface area contributed by atoms with Crippen LogP contribution in [-0.4, -0.2) is 86.7 Å². The van der Waals surface area contributed by atoms with Gasteiger partial charge >= 0.3 is 12.1 Å². The van der Waals surface area contributed by atoms with Gasteiger partial charge in [-0.1, -0.05) is 23.7 Å². The molecule has 2 aliphatic rings. The zero-order chi connectivity index (χ0) is 36.9. The van der Waals surface area contributed by atoms with E-state index >= 15 is 0 Å². The van der Waals surface area contributed by atoms with Gasteiger partial charge in [0.05, 0.1) is 34.1 Å². The minimum absolute atomic E-state index is 0.242. The van der Waals surface area contributed by atoms with Crippen molar-refractivity contribution < 1.29 is 24.2 Å². The number of likely N-dealkylation sites (tertiary alicyclic amines) is 2. The second-order valence-electron chi connectivity index (χ2n) is 14.9. The SMILES string of the molecule is CCn1nc(C2CCN([C@H]3CCN(C(=O)OC)C3)CC2)c2cc(-c3nc4cc(C)c([C@H](OC(C)(C)C)C(=O)O)c(-c5ccc(Cl)cc5)c4s3)ccc21. The number of methoxy groups -OCH3 is 1. The zero-order valence-corrected chi connectivity index (χ0v) is 32.2. The first-order valence-electron chi connectivity index (χ1n) is 18.0. The van der Waals surface area contributed by atoms with E-state index in [2.05, 4.69) is 34.7 Å². The van der Waals surface area contributed by atoms with Crippen LogP contribution in [-0.2, 0) is 20.8 Å². The molecule has 0 radical (unpaired) electrons. The van der Waals surface area contributed by atoms with E-state index in [0.717, 1.165) is 106 Å².